The van der Waals surface area contributed by atoms with Crippen LogP contribution in [0, 0.1) is 35.0 Å². The standard InChI is InChI=1S/C37H46F14O8/c1-17(19-9-11-21(12-10-19)31(35(43,44)45,36(46,47)48)59-27(54)58-29(6,7)8)15-30(34(40,41)42,26(53)57-28(3,4)5)16-24-18(2)22-13-20(24)14-23(22)25(52)32(38,39)33(55,56)37(49,50)51/h9-12,17-18,20,22-25,52,55-56H,13-16H2,1-8H3. The summed E-state index contributed by atoms with van der Waals surface area (Å²) in [6.07, 6.45) is -33.4. The predicted molar refractivity (Wildman–Crippen MR) is 176 cm³/mol. The number of carbonyl (C=O) groups is 2. The van der Waals surface area contributed by atoms with Crippen molar-refractivity contribution < 1.29 is 101 Å². The van der Waals surface area contributed by atoms with Crippen LogP contribution in [0.5, 0.6) is 0 Å². The van der Waals surface area contributed by atoms with Crippen molar-refractivity contribution in [2.75, 3.05) is 0 Å². The Labute approximate surface area is 329 Å². The Balaban J connectivity index is 2.07. The first kappa shape index (κ1) is 50.2. The molecule has 59 heavy (non-hydrogen) atoms. The van der Waals surface area contributed by atoms with Gasteiger partial charge in [0.15, 0.2) is 5.41 Å². The van der Waals surface area contributed by atoms with Gasteiger partial charge in [0.1, 0.15) is 17.3 Å². The van der Waals surface area contributed by atoms with Gasteiger partial charge >= 0.3 is 54.1 Å². The third kappa shape index (κ3) is 9.52. The molecular weight excluding hydrogens is 838 g/mol. The Morgan fingerprint density at radius 3 is 1.58 bits per heavy atom. The molecule has 2 saturated carbocycles. The maximum atomic E-state index is 15.5. The topological polar surface area (TPSA) is 123 Å². The molecular formula is C37H46F14O8. The lowest BCUT2D eigenvalue weighted by molar-refractivity contribution is -0.432. The van der Waals surface area contributed by atoms with E-state index in [0.29, 0.717) is 12.1 Å². The van der Waals surface area contributed by atoms with Crippen molar-refractivity contribution >= 4 is 12.1 Å². The molecule has 8 unspecified atom stereocenters. The second-order valence-corrected chi connectivity index (χ2v) is 17.6. The number of benzene rings is 1. The van der Waals surface area contributed by atoms with Gasteiger partial charge in [-0.15, -0.1) is 0 Å². The molecule has 8 atom stereocenters. The van der Waals surface area contributed by atoms with Gasteiger partial charge in [-0.05, 0) is 108 Å². The van der Waals surface area contributed by atoms with E-state index in [1.807, 2.05) is 0 Å². The summed E-state index contributed by atoms with van der Waals surface area (Å²) in [5, 5.41) is 29.0. The first-order valence-corrected chi connectivity index (χ1v) is 18.1. The first-order chi connectivity index (χ1) is 26.1. The van der Waals surface area contributed by atoms with Crippen molar-refractivity contribution in [3.63, 3.8) is 0 Å². The number of esters is 1. The minimum atomic E-state index is -6.36. The van der Waals surface area contributed by atoms with Gasteiger partial charge in [0.05, 0.1) is 0 Å². The van der Waals surface area contributed by atoms with Crippen LogP contribution in [0.15, 0.2) is 24.3 Å². The minimum Gasteiger partial charge on any atom is -0.459 e. The Bertz CT molecular complexity index is 1640. The number of alkyl halides is 14. The molecule has 0 heterocycles. The average Bonchev–Trinajstić information content (AvgIpc) is 3.57. The Hall–Kier alpha value is -3.14. The molecule has 1 aromatic carbocycles. The van der Waals surface area contributed by atoms with E-state index in [4.69, 9.17) is 4.74 Å². The van der Waals surface area contributed by atoms with Crippen molar-refractivity contribution in [3.05, 3.63) is 35.4 Å². The van der Waals surface area contributed by atoms with Crippen LogP contribution in [0.2, 0.25) is 0 Å². The van der Waals surface area contributed by atoms with Crippen LogP contribution in [0.3, 0.4) is 0 Å². The number of hydrogen-bond acceptors (Lipinski definition) is 8. The van der Waals surface area contributed by atoms with Crippen LogP contribution >= 0.6 is 0 Å². The zero-order chi connectivity index (χ0) is 46.1. The van der Waals surface area contributed by atoms with Gasteiger partial charge in [0.25, 0.3) is 0 Å². The van der Waals surface area contributed by atoms with Crippen molar-refractivity contribution in [2.24, 2.45) is 35.0 Å². The molecule has 3 N–H and O–H groups in total. The van der Waals surface area contributed by atoms with E-state index in [-0.39, 0.29) is 24.1 Å². The number of aliphatic hydroxyl groups excluding tert-OH is 1. The Kier molecular flexibility index (Phi) is 13.3. The van der Waals surface area contributed by atoms with Crippen LogP contribution in [0.25, 0.3) is 0 Å². The molecule has 2 aliphatic rings. The van der Waals surface area contributed by atoms with Gasteiger partial charge in [-0.1, -0.05) is 38.1 Å². The van der Waals surface area contributed by atoms with E-state index in [9.17, 15) is 73.2 Å². The average molecular weight is 885 g/mol. The number of fused-ring (bicyclic) bond motifs is 2. The molecule has 0 amide bonds. The fraction of sp³-hybridized carbons (Fsp3) is 0.784. The quantitative estimate of drug-likeness (QED) is 0.114. The van der Waals surface area contributed by atoms with E-state index in [2.05, 4.69) is 9.47 Å². The van der Waals surface area contributed by atoms with Gasteiger partial charge in [0.2, 0.25) is 0 Å². The van der Waals surface area contributed by atoms with Gasteiger partial charge in [0, 0.05) is 5.56 Å². The molecule has 2 bridgehead atoms. The highest BCUT2D eigenvalue weighted by molar-refractivity contribution is 5.78. The smallest absolute Gasteiger partial charge is 0.459 e. The fourth-order valence-electron chi connectivity index (χ4n) is 8.35. The summed E-state index contributed by atoms with van der Waals surface area (Å²) in [7, 11) is 0. The van der Waals surface area contributed by atoms with Crippen LogP contribution in [-0.4, -0.2) is 81.2 Å². The molecule has 8 nitrogen and oxygen atoms in total. The Morgan fingerprint density at radius 2 is 1.19 bits per heavy atom. The lowest BCUT2D eigenvalue weighted by Gasteiger charge is -2.44. The molecule has 0 saturated heterocycles. The Morgan fingerprint density at radius 1 is 0.712 bits per heavy atom. The second-order valence-electron chi connectivity index (χ2n) is 17.6. The molecule has 3 rings (SSSR count). The maximum absolute atomic E-state index is 15.5. The SMILES string of the molecule is CC(CC(CC1C2CC(C1C)C(C(O)C(F)(F)C(O)(O)C(F)(F)F)C2)(C(=O)OC(C)(C)C)C(F)(F)F)c1ccc(C(OC(=O)OC(C)(C)C)(C(F)(F)F)C(F)(F)F)cc1. The summed E-state index contributed by atoms with van der Waals surface area (Å²) in [5.74, 6) is -20.9. The first-order valence-electron chi connectivity index (χ1n) is 18.1. The van der Waals surface area contributed by atoms with Crippen LogP contribution in [0.1, 0.15) is 98.1 Å². The number of aliphatic hydroxyl groups is 3. The molecule has 22 heteroatoms. The highest BCUT2D eigenvalue weighted by Gasteiger charge is 2.76. The molecule has 2 aliphatic carbocycles. The summed E-state index contributed by atoms with van der Waals surface area (Å²) in [4.78, 5) is 26.0. The van der Waals surface area contributed by atoms with E-state index < -0.39 is 137 Å². The summed E-state index contributed by atoms with van der Waals surface area (Å²) in [5.41, 5.74) is -14.0. The van der Waals surface area contributed by atoms with Crippen LogP contribution in [0.4, 0.5) is 66.3 Å². The zero-order valence-corrected chi connectivity index (χ0v) is 32.9. The number of halogens is 14. The lowest BCUT2D eigenvalue weighted by atomic mass is 9.63. The summed E-state index contributed by atoms with van der Waals surface area (Å²) < 4.78 is 215. The summed E-state index contributed by atoms with van der Waals surface area (Å²) in [6.45, 7) is 9.43. The van der Waals surface area contributed by atoms with E-state index in [0.717, 1.165) is 27.7 Å². The second kappa shape index (κ2) is 15.6. The number of ether oxygens (including phenoxy) is 3. The van der Waals surface area contributed by atoms with Crippen molar-refractivity contribution in [2.45, 2.75) is 146 Å². The molecule has 340 valence electrons. The molecule has 0 aromatic heterocycles. The molecule has 2 fully saturated rings. The maximum Gasteiger partial charge on any atom is 0.510 e. The zero-order valence-electron chi connectivity index (χ0n) is 32.9. The predicted octanol–water partition coefficient (Wildman–Crippen LogP) is 9.88. The fourth-order valence-corrected chi connectivity index (χ4v) is 8.35. The van der Waals surface area contributed by atoms with Gasteiger partial charge in [-0.25, -0.2) is 4.79 Å². The van der Waals surface area contributed by atoms with Gasteiger partial charge in [-0.2, -0.15) is 61.5 Å². The van der Waals surface area contributed by atoms with E-state index >= 15 is 13.2 Å². The summed E-state index contributed by atoms with van der Waals surface area (Å²) >= 11 is 0. The highest BCUT2D eigenvalue weighted by atomic mass is 19.4. The summed E-state index contributed by atoms with van der Waals surface area (Å²) in [6, 6.07) is 1.67. The lowest BCUT2D eigenvalue weighted by Crippen LogP contribution is -2.65. The van der Waals surface area contributed by atoms with Crippen LogP contribution in [-0.2, 0) is 24.6 Å². The monoisotopic (exact) mass is 884 g/mol. The molecule has 0 aliphatic heterocycles. The van der Waals surface area contributed by atoms with E-state index in [1.54, 1.807) is 0 Å². The van der Waals surface area contributed by atoms with Crippen molar-refractivity contribution in [1.29, 1.82) is 0 Å². The van der Waals surface area contributed by atoms with Crippen LogP contribution < -0.4 is 0 Å². The molecule has 0 radical (unpaired) electrons. The van der Waals surface area contributed by atoms with Crippen molar-refractivity contribution in [3.8, 4) is 0 Å². The largest absolute Gasteiger partial charge is 0.510 e. The highest BCUT2D eigenvalue weighted by Crippen LogP contribution is 2.63. The number of carbonyl (C=O) groups excluding carboxylic acids is 2. The van der Waals surface area contributed by atoms with E-state index in [1.165, 1.54) is 27.7 Å². The third-order valence-corrected chi connectivity index (χ3v) is 11.2. The number of rotatable bonds is 11. The third-order valence-electron chi connectivity index (χ3n) is 11.2. The van der Waals surface area contributed by atoms with Crippen molar-refractivity contribution in [1.82, 2.24) is 0 Å². The molecule has 1 aromatic rings. The number of hydrogen-bond donors (Lipinski definition) is 3. The normalized spacial score (nSPS) is 24.7. The van der Waals surface area contributed by atoms with Gasteiger partial charge in [-0.3, -0.25) is 4.79 Å². The minimum absolute atomic E-state index is 0.218. The molecule has 0 spiro atoms. The van der Waals surface area contributed by atoms with Gasteiger partial charge < -0.3 is 29.5 Å².